The second-order valence-electron chi connectivity index (χ2n) is 8.68. The lowest BCUT2D eigenvalue weighted by atomic mass is 10.1. The molecule has 0 radical (unpaired) electrons. The minimum Gasteiger partial charge on any atom is -0.411 e. The van der Waals surface area contributed by atoms with Gasteiger partial charge in [-0.3, -0.25) is 4.79 Å². The lowest BCUT2D eigenvalue weighted by molar-refractivity contribution is -0.125. The van der Waals surface area contributed by atoms with E-state index in [-0.39, 0.29) is 11.9 Å². The van der Waals surface area contributed by atoms with Gasteiger partial charge in [-0.15, -0.1) is 0 Å². The van der Waals surface area contributed by atoms with Gasteiger partial charge >= 0.3 is 0 Å². The number of benzene rings is 1. The summed E-state index contributed by atoms with van der Waals surface area (Å²) in [5, 5.41) is 0. The highest BCUT2D eigenvalue weighted by Crippen LogP contribution is 2.29. The summed E-state index contributed by atoms with van der Waals surface area (Å²) in [5.74, 6) is 0.112. The predicted molar refractivity (Wildman–Crippen MR) is 136 cm³/mol. The van der Waals surface area contributed by atoms with E-state index in [1.54, 1.807) is 6.92 Å². The van der Waals surface area contributed by atoms with Gasteiger partial charge in [-0.25, -0.2) is 0 Å². The van der Waals surface area contributed by atoms with Crippen molar-refractivity contribution in [3.8, 4) is 0 Å². The van der Waals surface area contributed by atoms with Crippen LogP contribution < -0.4 is 0 Å². The van der Waals surface area contributed by atoms with Crippen LogP contribution in [0.5, 0.6) is 0 Å². The second kappa shape index (κ2) is 14.4. The monoisotopic (exact) mass is 466 g/mol. The molecule has 0 unspecified atom stereocenters. The van der Waals surface area contributed by atoms with Crippen molar-refractivity contribution in [2.45, 2.75) is 110 Å². The lowest BCUT2D eigenvalue weighted by Gasteiger charge is -2.37. The maximum Gasteiger partial charge on any atom is 0.193 e. The van der Waals surface area contributed by atoms with Crippen LogP contribution in [0, 0.1) is 0 Å². The first kappa shape index (κ1) is 28.2. The second-order valence-corrected chi connectivity index (χ2v) is 18.1. The number of carbonyl (C=O) groups is 1. The molecule has 4 nitrogen and oxygen atoms in total. The Morgan fingerprint density at radius 2 is 1.29 bits per heavy atom. The highest BCUT2D eigenvalue weighted by atomic mass is 28.4. The van der Waals surface area contributed by atoms with Crippen molar-refractivity contribution in [1.29, 1.82) is 0 Å². The van der Waals surface area contributed by atoms with Gasteiger partial charge in [-0.1, -0.05) is 71.9 Å². The van der Waals surface area contributed by atoms with Gasteiger partial charge in [0, 0.05) is 6.42 Å². The fraction of sp³-hybridized carbons (Fsp3) is 0.720. The Labute approximate surface area is 193 Å². The molecule has 0 saturated heterocycles. The van der Waals surface area contributed by atoms with E-state index in [0.29, 0.717) is 19.6 Å². The molecule has 2 atom stereocenters. The number of ether oxygens (including phenoxy) is 1. The summed E-state index contributed by atoms with van der Waals surface area (Å²) in [6.07, 6.45) is 0.0867. The molecule has 31 heavy (non-hydrogen) atoms. The van der Waals surface area contributed by atoms with E-state index in [0.717, 1.165) is 41.8 Å². The molecule has 0 aliphatic carbocycles. The number of ketones is 1. The zero-order valence-corrected chi connectivity index (χ0v) is 23.0. The molecule has 1 aromatic carbocycles. The van der Waals surface area contributed by atoms with E-state index in [4.69, 9.17) is 13.6 Å². The van der Waals surface area contributed by atoms with Gasteiger partial charge in [0.25, 0.3) is 0 Å². The zero-order valence-electron chi connectivity index (χ0n) is 21.0. The molecule has 0 bridgehead atoms. The molecule has 0 aliphatic heterocycles. The summed E-state index contributed by atoms with van der Waals surface area (Å²) in [4.78, 5) is 12.6. The van der Waals surface area contributed by atoms with Crippen molar-refractivity contribution in [3.63, 3.8) is 0 Å². The van der Waals surface area contributed by atoms with Gasteiger partial charge in [0.2, 0.25) is 0 Å². The van der Waals surface area contributed by atoms with E-state index in [1.165, 1.54) is 0 Å². The Balaban J connectivity index is 2.98. The Kier molecular flexibility index (Phi) is 13.1. The first-order chi connectivity index (χ1) is 14.8. The Hall–Kier alpha value is -0.796. The SMILES string of the molecule is CC[Si](CC)(CC)O[C@@H](COCc1ccccc1)C[C@H](O[Si](CC)(CC)CC)C(C)=O. The van der Waals surface area contributed by atoms with Gasteiger partial charge < -0.3 is 13.6 Å². The van der Waals surface area contributed by atoms with E-state index >= 15 is 0 Å². The van der Waals surface area contributed by atoms with Gasteiger partial charge in [-0.05, 0) is 48.8 Å². The van der Waals surface area contributed by atoms with E-state index in [1.807, 2.05) is 18.2 Å². The van der Waals surface area contributed by atoms with Crippen LogP contribution in [-0.2, 0) is 25.0 Å². The topological polar surface area (TPSA) is 44.8 Å². The molecule has 178 valence electrons. The summed E-state index contributed by atoms with van der Waals surface area (Å²) >= 11 is 0. The summed E-state index contributed by atoms with van der Waals surface area (Å²) in [5.41, 5.74) is 1.15. The van der Waals surface area contributed by atoms with Crippen LogP contribution >= 0.6 is 0 Å². The molecule has 0 spiro atoms. The molecular formula is C25H46O4Si2. The molecule has 0 aliphatic rings. The summed E-state index contributed by atoms with van der Waals surface area (Å²) in [6, 6.07) is 16.6. The van der Waals surface area contributed by atoms with Crippen LogP contribution in [0.3, 0.4) is 0 Å². The maximum absolute atomic E-state index is 12.6. The quantitative estimate of drug-likeness (QED) is 0.233. The van der Waals surface area contributed by atoms with Crippen molar-refractivity contribution < 1.29 is 18.4 Å². The van der Waals surface area contributed by atoms with Crippen molar-refractivity contribution in [1.82, 2.24) is 0 Å². The highest BCUT2D eigenvalue weighted by molar-refractivity contribution is 6.74. The Morgan fingerprint density at radius 1 is 0.806 bits per heavy atom. The Bertz CT molecular complexity index is 599. The smallest absolute Gasteiger partial charge is 0.193 e. The van der Waals surface area contributed by atoms with Gasteiger partial charge in [0.1, 0.15) is 6.10 Å². The van der Waals surface area contributed by atoms with Crippen LogP contribution in [0.1, 0.15) is 60.5 Å². The summed E-state index contributed by atoms with van der Waals surface area (Å²) in [7, 11) is -3.71. The number of carbonyl (C=O) groups excluding carboxylic acids is 1. The molecule has 0 fully saturated rings. The first-order valence-corrected chi connectivity index (χ1v) is 17.4. The van der Waals surface area contributed by atoms with Gasteiger partial charge in [0.15, 0.2) is 22.4 Å². The van der Waals surface area contributed by atoms with Crippen LogP contribution in [0.15, 0.2) is 30.3 Å². The minimum atomic E-state index is -1.88. The molecule has 0 aromatic heterocycles. The third kappa shape index (κ3) is 8.93. The van der Waals surface area contributed by atoms with Crippen molar-refractivity contribution in [2.24, 2.45) is 0 Å². The van der Waals surface area contributed by atoms with Crippen molar-refractivity contribution >= 4 is 22.4 Å². The van der Waals surface area contributed by atoms with E-state index in [9.17, 15) is 4.79 Å². The molecular weight excluding hydrogens is 420 g/mol. The number of rotatable bonds is 17. The molecule has 6 heteroatoms. The summed E-state index contributed by atoms with van der Waals surface area (Å²) in [6.45, 7) is 16.1. The number of hydrogen-bond acceptors (Lipinski definition) is 4. The van der Waals surface area contributed by atoms with Gasteiger partial charge in [-0.2, -0.15) is 0 Å². The fourth-order valence-corrected chi connectivity index (χ4v) is 9.96. The van der Waals surface area contributed by atoms with E-state index in [2.05, 4.69) is 53.7 Å². The summed E-state index contributed by atoms with van der Waals surface area (Å²) < 4.78 is 19.5. The van der Waals surface area contributed by atoms with Crippen LogP contribution in [0.2, 0.25) is 36.3 Å². The molecule has 1 aromatic rings. The molecule has 0 heterocycles. The Morgan fingerprint density at radius 3 is 1.74 bits per heavy atom. The average Bonchev–Trinajstić information content (AvgIpc) is 2.80. The third-order valence-corrected chi connectivity index (χ3v) is 16.4. The minimum absolute atomic E-state index is 0.110. The number of hydrogen-bond donors (Lipinski definition) is 0. The third-order valence-electron chi connectivity index (χ3n) is 7.02. The normalized spacial score (nSPS) is 14.4. The fourth-order valence-electron chi connectivity index (χ4n) is 4.22. The molecule has 0 N–H and O–H groups in total. The van der Waals surface area contributed by atoms with Crippen LogP contribution in [0.4, 0.5) is 0 Å². The number of Topliss-reactive ketones (excluding diaryl/α,β-unsaturated/α-hetero) is 1. The molecule has 1 rings (SSSR count). The predicted octanol–water partition coefficient (Wildman–Crippen LogP) is 6.96. The largest absolute Gasteiger partial charge is 0.411 e. The zero-order chi connectivity index (χ0) is 23.3. The lowest BCUT2D eigenvalue weighted by Crippen LogP contribution is -2.47. The van der Waals surface area contributed by atoms with Crippen molar-refractivity contribution in [3.05, 3.63) is 35.9 Å². The van der Waals surface area contributed by atoms with Crippen molar-refractivity contribution in [2.75, 3.05) is 6.61 Å². The highest BCUT2D eigenvalue weighted by Gasteiger charge is 2.37. The molecule has 0 saturated carbocycles. The van der Waals surface area contributed by atoms with E-state index < -0.39 is 22.7 Å². The average molecular weight is 467 g/mol. The van der Waals surface area contributed by atoms with Gasteiger partial charge in [0.05, 0.1) is 19.3 Å². The van der Waals surface area contributed by atoms with Crippen LogP contribution in [0.25, 0.3) is 0 Å². The van der Waals surface area contributed by atoms with Crippen LogP contribution in [-0.4, -0.2) is 41.2 Å². The standard InChI is InChI=1S/C25H46O4Si2/c1-8-30(9-2,10-3)28-24(21-27-20-23-17-15-14-16-18-23)19-25(22(7)26)29-31(11-4,12-5)13-6/h14-18,24-25H,8-13,19-21H2,1-7H3/t24-,25+/m1/s1. The first-order valence-electron chi connectivity index (χ1n) is 12.3. The molecule has 0 amide bonds. The maximum atomic E-state index is 12.6.